The highest BCUT2D eigenvalue weighted by molar-refractivity contribution is 7.89. The maximum Gasteiger partial charge on any atom is 0.244 e. The molecule has 7 heteroatoms. The Balaban J connectivity index is 2.38. The van der Waals surface area contributed by atoms with Crippen molar-refractivity contribution in [1.29, 1.82) is 5.26 Å². The second kappa shape index (κ2) is 5.17. The summed E-state index contributed by atoms with van der Waals surface area (Å²) in [6, 6.07) is 6.11. The first kappa shape index (κ1) is 13.8. The summed E-state index contributed by atoms with van der Waals surface area (Å²) in [7, 11) is -2.11. The Morgan fingerprint density at radius 3 is 2.84 bits per heavy atom. The Hall–Kier alpha value is -1.62. The van der Waals surface area contributed by atoms with Gasteiger partial charge in [0.05, 0.1) is 11.7 Å². The predicted molar refractivity (Wildman–Crippen MR) is 69.7 cm³/mol. The minimum absolute atomic E-state index is 0.000882. The zero-order valence-corrected chi connectivity index (χ0v) is 11.4. The van der Waals surface area contributed by atoms with Gasteiger partial charge in [-0.25, -0.2) is 8.42 Å². The Morgan fingerprint density at radius 1 is 1.53 bits per heavy atom. The minimum atomic E-state index is -3.67. The van der Waals surface area contributed by atoms with Crippen LogP contribution in [0.1, 0.15) is 12.0 Å². The molecule has 2 N–H and O–H groups in total. The molecule has 0 bridgehead atoms. The van der Waals surface area contributed by atoms with Gasteiger partial charge >= 0.3 is 0 Å². The first-order valence-corrected chi connectivity index (χ1v) is 7.25. The van der Waals surface area contributed by atoms with Gasteiger partial charge in [-0.3, -0.25) is 0 Å². The molecule has 1 saturated heterocycles. The number of nitriles is 1. The van der Waals surface area contributed by atoms with Crippen molar-refractivity contribution in [2.75, 3.05) is 25.9 Å². The fourth-order valence-electron chi connectivity index (χ4n) is 2.11. The van der Waals surface area contributed by atoms with Crippen LogP contribution in [0, 0.1) is 11.3 Å². The van der Waals surface area contributed by atoms with E-state index in [1.807, 2.05) is 6.07 Å². The number of nitrogen functional groups attached to an aromatic ring is 1. The van der Waals surface area contributed by atoms with Crippen molar-refractivity contribution in [2.45, 2.75) is 17.4 Å². The van der Waals surface area contributed by atoms with Crippen LogP contribution in [0.4, 0.5) is 5.69 Å². The van der Waals surface area contributed by atoms with Gasteiger partial charge in [-0.15, -0.1) is 0 Å². The molecular weight excluding hydrogens is 266 g/mol. The molecule has 1 aromatic rings. The lowest BCUT2D eigenvalue weighted by molar-refractivity contribution is 0.115. The maximum absolute atomic E-state index is 12.5. The van der Waals surface area contributed by atoms with Crippen molar-refractivity contribution in [1.82, 2.24) is 4.31 Å². The molecule has 1 unspecified atom stereocenters. The number of ether oxygens (including phenoxy) is 1. The normalized spacial score (nSPS) is 20.3. The van der Waals surface area contributed by atoms with Crippen molar-refractivity contribution in [2.24, 2.45) is 0 Å². The molecule has 0 radical (unpaired) electrons. The molecule has 0 spiro atoms. The van der Waals surface area contributed by atoms with E-state index in [0.29, 0.717) is 25.2 Å². The second-order valence-corrected chi connectivity index (χ2v) is 6.28. The summed E-state index contributed by atoms with van der Waals surface area (Å²) in [5, 5.41) is 9.03. The zero-order valence-electron chi connectivity index (χ0n) is 10.5. The van der Waals surface area contributed by atoms with Crippen LogP contribution in [0.25, 0.3) is 0 Å². The second-order valence-electron chi connectivity index (χ2n) is 4.38. The maximum atomic E-state index is 12.5. The molecule has 0 saturated carbocycles. The summed E-state index contributed by atoms with van der Waals surface area (Å²) < 4.78 is 31.4. The number of nitrogens with zero attached hydrogens (tertiary/aromatic N) is 2. The van der Waals surface area contributed by atoms with Gasteiger partial charge in [-0.1, -0.05) is 0 Å². The third-order valence-electron chi connectivity index (χ3n) is 3.18. The van der Waals surface area contributed by atoms with Gasteiger partial charge in [0.2, 0.25) is 10.0 Å². The van der Waals surface area contributed by atoms with Crippen LogP contribution in [-0.4, -0.2) is 39.0 Å². The van der Waals surface area contributed by atoms with Crippen LogP contribution in [0.3, 0.4) is 0 Å². The third kappa shape index (κ3) is 2.56. The summed E-state index contributed by atoms with van der Waals surface area (Å²) in [4.78, 5) is 0.000882. The molecular formula is C12H15N3O3S. The Bertz CT molecular complexity index is 622. The van der Waals surface area contributed by atoms with Crippen LogP contribution in [0.2, 0.25) is 0 Å². The van der Waals surface area contributed by atoms with Crippen LogP contribution in [0.5, 0.6) is 0 Å². The monoisotopic (exact) mass is 281 g/mol. The Morgan fingerprint density at radius 2 is 2.26 bits per heavy atom. The standard InChI is InChI=1S/C12H15N3O3S/c1-18-11-4-5-15(8-11)19(16,17)12-3-2-10(14)6-9(12)7-13/h2-3,6,11H,4-5,8,14H2,1H3. The lowest BCUT2D eigenvalue weighted by atomic mass is 10.2. The average Bonchev–Trinajstić information content (AvgIpc) is 2.87. The number of hydrogen-bond acceptors (Lipinski definition) is 5. The van der Waals surface area contributed by atoms with Gasteiger partial charge < -0.3 is 10.5 Å². The highest BCUT2D eigenvalue weighted by Gasteiger charge is 2.33. The number of anilines is 1. The van der Waals surface area contributed by atoms with Gasteiger partial charge in [-0.05, 0) is 24.6 Å². The number of hydrogen-bond donors (Lipinski definition) is 1. The molecule has 0 aliphatic carbocycles. The SMILES string of the molecule is COC1CCN(S(=O)(=O)c2ccc(N)cc2C#N)C1. The molecule has 1 aliphatic rings. The van der Waals surface area contributed by atoms with Crippen molar-refractivity contribution < 1.29 is 13.2 Å². The van der Waals surface area contributed by atoms with E-state index in [9.17, 15) is 8.42 Å². The van der Waals surface area contributed by atoms with Gasteiger partial charge in [0, 0.05) is 25.9 Å². The lowest BCUT2D eigenvalue weighted by Crippen LogP contribution is -2.30. The van der Waals surface area contributed by atoms with E-state index in [1.165, 1.54) is 22.5 Å². The molecule has 1 aromatic carbocycles. The van der Waals surface area contributed by atoms with Gasteiger partial charge in [-0.2, -0.15) is 9.57 Å². The Kier molecular flexibility index (Phi) is 3.75. The van der Waals surface area contributed by atoms with Crippen molar-refractivity contribution in [3.8, 4) is 6.07 Å². The zero-order chi connectivity index (χ0) is 14.0. The summed E-state index contributed by atoms with van der Waals surface area (Å²) in [5.41, 5.74) is 6.00. The minimum Gasteiger partial charge on any atom is -0.399 e. The molecule has 1 aliphatic heterocycles. The summed E-state index contributed by atoms with van der Waals surface area (Å²) >= 11 is 0. The highest BCUT2D eigenvalue weighted by atomic mass is 32.2. The van der Waals surface area contributed by atoms with E-state index in [-0.39, 0.29) is 16.6 Å². The lowest BCUT2D eigenvalue weighted by Gasteiger charge is -2.17. The van der Waals surface area contributed by atoms with E-state index >= 15 is 0 Å². The van der Waals surface area contributed by atoms with Crippen LogP contribution in [0.15, 0.2) is 23.1 Å². The molecule has 19 heavy (non-hydrogen) atoms. The van der Waals surface area contributed by atoms with Crippen LogP contribution >= 0.6 is 0 Å². The van der Waals surface area contributed by atoms with Gasteiger partial charge in [0.25, 0.3) is 0 Å². The molecule has 0 aromatic heterocycles. The first-order chi connectivity index (χ1) is 8.98. The summed E-state index contributed by atoms with van der Waals surface area (Å²) in [5.74, 6) is 0. The predicted octanol–water partition coefficient (Wildman–Crippen LogP) is 0.550. The first-order valence-electron chi connectivity index (χ1n) is 5.81. The van der Waals surface area contributed by atoms with Crippen molar-refractivity contribution >= 4 is 15.7 Å². The number of methoxy groups -OCH3 is 1. The molecule has 0 amide bonds. The van der Waals surface area contributed by atoms with E-state index < -0.39 is 10.0 Å². The fourth-order valence-corrected chi connectivity index (χ4v) is 3.72. The van der Waals surface area contributed by atoms with Crippen molar-refractivity contribution in [3.63, 3.8) is 0 Å². The molecule has 1 fully saturated rings. The van der Waals surface area contributed by atoms with E-state index in [2.05, 4.69) is 0 Å². The third-order valence-corrected chi connectivity index (χ3v) is 5.11. The molecule has 1 atom stereocenters. The van der Waals surface area contributed by atoms with Crippen LogP contribution in [-0.2, 0) is 14.8 Å². The van der Waals surface area contributed by atoms with Gasteiger partial charge in [0.15, 0.2) is 0 Å². The smallest absolute Gasteiger partial charge is 0.244 e. The number of rotatable bonds is 3. The summed E-state index contributed by atoms with van der Waals surface area (Å²) in [6.45, 7) is 0.712. The molecule has 1 heterocycles. The van der Waals surface area contributed by atoms with Crippen molar-refractivity contribution in [3.05, 3.63) is 23.8 Å². The fraction of sp³-hybridized carbons (Fsp3) is 0.417. The van der Waals surface area contributed by atoms with Crippen LogP contribution < -0.4 is 5.73 Å². The number of sulfonamides is 1. The molecule has 6 nitrogen and oxygen atoms in total. The van der Waals surface area contributed by atoms with E-state index in [4.69, 9.17) is 15.7 Å². The molecule has 2 rings (SSSR count). The van der Waals surface area contributed by atoms with E-state index in [0.717, 1.165) is 0 Å². The topological polar surface area (TPSA) is 96.4 Å². The van der Waals surface area contributed by atoms with Gasteiger partial charge in [0.1, 0.15) is 11.0 Å². The largest absolute Gasteiger partial charge is 0.399 e. The quantitative estimate of drug-likeness (QED) is 0.816. The number of nitrogens with two attached hydrogens (primary N) is 1. The highest BCUT2D eigenvalue weighted by Crippen LogP contribution is 2.25. The Labute approximate surface area is 112 Å². The summed E-state index contributed by atoms with van der Waals surface area (Å²) in [6.07, 6.45) is 0.571. The average molecular weight is 281 g/mol. The molecule has 102 valence electrons. The van der Waals surface area contributed by atoms with E-state index in [1.54, 1.807) is 7.11 Å². The number of benzene rings is 1.